The molecule has 5 atom stereocenters. The van der Waals surface area contributed by atoms with Crippen molar-refractivity contribution in [3.05, 3.63) is 23.8 Å². The molecule has 208 valence electrons. The predicted molar refractivity (Wildman–Crippen MR) is 136 cm³/mol. The number of carbonyl (C=O) groups excluding carboxylic acids is 4. The Bertz CT molecular complexity index is 917. The van der Waals surface area contributed by atoms with E-state index >= 15 is 0 Å². The lowest BCUT2D eigenvalue weighted by atomic mass is 10.0. The molecule has 1 aromatic carbocycles. The molecular weight excluding hydrogens is 482 g/mol. The third-order valence-corrected chi connectivity index (χ3v) is 6.05. The number of nitrogens with two attached hydrogens (primary N) is 1. The first-order chi connectivity index (χ1) is 17.4. The van der Waals surface area contributed by atoms with Crippen molar-refractivity contribution in [3.63, 3.8) is 0 Å². The minimum Gasteiger partial charge on any atom is -0.458 e. The highest BCUT2D eigenvalue weighted by atomic mass is 16.7. The van der Waals surface area contributed by atoms with E-state index in [0.29, 0.717) is 5.56 Å². The molecular formula is C27H41NO9. The van der Waals surface area contributed by atoms with E-state index in [9.17, 15) is 19.2 Å². The quantitative estimate of drug-likeness (QED) is 0.276. The molecule has 0 radical (unpaired) electrons. The molecule has 0 aromatic heterocycles. The van der Waals surface area contributed by atoms with Gasteiger partial charge in [-0.05, 0) is 49.8 Å². The molecule has 0 saturated carbocycles. The second-order valence-corrected chi connectivity index (χ2v) is 9.39. The zero-order valence-corrected chi connectivity index (χ0v) is 22.9. The highest BCUT2D eigenvalue weighted by Crippen LogP contribution is 2.30. The molecule has 0 spiro atoms. The van der Waals surface area contributed by atoms with Crippen molar-refractivity contribution in [2.75, 3.05) is 7.11 Å². The van der Waals surface area contributed by atoms with Gasteiger partial charge in [0.15, 0.2) is 11.5 Å². The van der Waals surface area contributed by atoms with Crippen molar-refractivity contribution in [1.29, 1.82) is 0 Å². The Hall–Kier alpha value is -3.14. The van der Waals surface area contributed by atoms with Gasteiger partial charge in [-0.1, -0.05) is 46.6 Å². The summed E-state index contributed by atoms with van der Waals surface area (Å²) in [6.45, 7) is 11.0. The summed E-state index contributed by atoms with van der Waals surface area (Å²) in [4.78, 5) is 48.6. The van der Waals surface area contributed by atoms with E-state index in [1.807, 2.05) is 27.7 Å². The average molecular weight is 524 g/mol. The molecule has 10 heteroatoms. The fraction of sp³-hybridized carbons (Fsp3) is 0.630. The average Bonchev–Trinajstić information content (AvgIpc) is 2.84. The predicted octanol–water partition coefficient (Wildman–Crippen LogP) is 4.34. The van der Waals surface area contributed by atoms with Crippen molar-refractivity contribution in [2.45, 2.75) is 91.9 Å². The largest absolute Gasteiger partial charge is 0.508 e. The van der Waals surface area contributed by atoms with Crippen molar-refractivity contribution < 1.29 is 42.9 Å². The molecule has 0 bridgehead atoms. The first-order valence-electron chi connectivity index (χ1n) is 12.6. The summed E-state index contributed by atoms with van der Waals surface area (Å²) in [6, 6.07) is 3.63. The van der Waals surface area contributed by atoms with Crippen molar-refractivity contribution in [2.24, 2.45) is 17.6 Å². The Morgan fingerprint density at radius 3 is 1.84 bits per heavy atom. The lowest BCUT2D eigenvalue weighted by molar-refractivity contribution is -0.155. The van der Waals surface area contributed by atoms with Crippen LogP contribution in [0.1, 0.15) is 72.8 Å². The molecule has 0 saturated heterocycles. The normalized spacial score (nSPS) is 14.9. The fourth-order valence-corrected chi connectivity index (χ4v) is 3.03. The zero-order valence-electron chi connectivity index (χ0n) is 22.9. The number of carbonyl (C=O) groups is 4. The number of rotatable bonds is 14. The van der Waals surface area contributed by atoms with Gasteiger partial charge in [0.05, 0.1) is 7.11 Å². The highest BCUT2D eigenvalue weighted by Gasteiger charge is 2.25. The topological polar surface area (TPSA) is 140 Å². The SMILES string of the molecule is CCC(C)CC(=O)Oc1ccc(C[C@H](N)C(=O)O[C@@H](C)C(C)OC(=O)OC)cc1OC(=O)CC(C)CC. The van der Waals surface area contributed by atoms with Gasteiger partial charge in [-0.2, -0.15) is 0 Å². The van der Waals surface area contributed by atoms with Crippen molar-refractivity contribution in [3.8, 4) is 11.5 Å². The summed E-state index contributed by atoms with van der Waals surface area (Å²) in [5, 5.41) is 0. The van der Waals surface area contributed by atoms with Gasteiger partial charge in [-0.3, -0.25) is 14.4 Å². The molecule has 10 nitrogen and oxygen atoms in total. The monoisotopic (exact) mass is 523 g/mol. The summed E-state index contributed by atoms with van der Waals surface area (Å²) >= 11 is 0. The number of methoxy groups -OCH3 is 1. The van der Waals surface area contributed by atoms with Gasteiger partial charge in [-0.25, -0.2) is 4.79 Å². The molecule has 0 amide bonds. The second-order valence-electron chi connectivity index (χ2n) is 9.39. The second kappa shape index (κ2) is 15.9. The van der Waals surface area contributed by atoms with Crippen LogP contribution in [0.2, 0.25) is 0 Å². The summed E-state index contributed by atoms with van der Waals surface area (Å²) in [5.41, 5.74) is 6.62. The molecule has 3 unspecified atom stereocenters. The smallest absolute Gasteiger partial charge is 0.458 e. The van der Waals surface area contributed by atoms with Gasteiger partial charge in [0.1, 0.15) is 18.2 Å². The van der Waals surface area contributed by atoms with Crippen LogP contribution in [-0.2, 0) is 35.0 Å². The molecule has 2 N–H and O–H groups in total. The van der Waals surface area contributed by atoms with Crippen LogP contribution in [0.4, 0.5) is 4.79 Å². The summed E-state index contributed by atoms with van der Waals surface area (Å²) < 4.78 is 25.7. The number of benzene rings is 1. The maximum Gasteiger partial charge on any atom is 0.508 e. The standard InChI is InChI=1S/C27H41NO9/c1-8-16(3)12-24(29)36-22-11-10-20(15-23(22)37-25(30)13-17(4)9-2)14-21(28)26(31)34-18(5)19(6)35-27(32)33-7/h10-11,15-19,21H,8-9,12-14,28H2,1-7H3/t16?,17?,18-,19?,21-/m0/s1. The van der Waals surface area contributed by atoms with E-state index in [1.165, 1.54) is 19.2 Å². The lowest BCUT2D eigenvalue weighted by Crippen LogP contribution is -2.39. The van der Waals surface area contributed by atoms with Crippen LogP contribution in [0.25, 0.3) is 0 Å². The van der Waals surface area contributed by atoms with Crippen LogP contribution in [0.3, 0.4) is 0 Å². The number of esters is 3. The van der Waals surface area contributed by atoms with Crippen molar-refractivity contribution >= 4 is 24.1 Å². The maximum atomic E-state index is 12.5. The number of ether oxygens (including phenoxy) is 5. The lowest BCUT2D eigenvalue weighted by Gasteiger charge is -2.22. The molecule has 0 heterocycles. The third-order valence-electron chi connectivity index (χ3n) is 6.05. The van der Waals surface area contributed by atoms with Gasteiger partial charge >= 0.3 is 24.1 Å². The van der Waals surface area contributed by atoms with Gasteiger partial charge in [0, 0.05) is 12.8 Å². The number of hydrogen-bond acceptors (Lipinski definition) is 10. The van der Waals surface area contributed by atoms with Gasteiger partial charge in [0.25, 0.3) is 0 Å². The molecule has 0 fully saturated rings. The van der Waals surface area contributed by atoms with E-state index in [4.69, 9.17) is 24.7 Å². The minimum absolute atomic E-state index is 0.0643. The Morgan fingerprint density at radius 2 is 1.32 bits per heavy atom. The Morgan fingerprint density at radius 1 is 0.811 bits per heavy atom. The molecule has 0 aliphatic heterocycles. The fourth-order valence-electron chi connectivity index (χ4n) is 3.03. The molecule has 1 rings (SSSR count). The Kier molecular flexibility index (Phi) is 13.7. The maximum absolute atomic E-state index is 12.5. The first kappa shape index (κ1) is 31.9. The van der Waals surface area contributed by atoms with Crippen LogP contribution >= 0.6 is 0 Å². The highest BCUT2D eigenvalue weighted by molar-refractivity contribution is 5.77. The van der Waals surface area contributed by atoms with E-state index in [0.717, 1.165) is 12.8 Å². The van der Waals surface area contributed by atoms with E-state index in [1.54, 1.807) is 19.9 Å². The van der Waals surface area contributed by atoms with Crippen LogP contribution in [0.5, 0.6) is 11.5 Å². The molecule has 37 heavy (non-hydrogen) atoms. The van der Waals surface area contributed by atoms with Crippen molar-refractivity contribution in [1.82, 2.24) is 0 Å². The summed E-state index contributed by atoms with van der Waals surface area (Å²) in [5.74, 6) is -1.11. The van der Waals surface area contributed by atoms with Crippen LogP contribution < -0.4 is 15.2 Å². The Labute approximate surface area is 219 Å². The van der Waals surface area contributed by atoms with Gasteiger partial charge in [0.2, 0.25) is 0 Å². The molecule has 0 aliphatic rings. The summed E-state index contributed by atoms with van der Waals surface area (Å²) in [6.07, 6.45) is -0.265. The zero-order chi connectivity index (χ0) is 28.1. The van der Waals surface area contributed by atoms with E-state index < -0.39 is 42.3 Å². The van der Waals surface area contributed by atoms with Gasteiger partial charge in [-0.15, -0.1) is 0 Å². The molecule has 0 aliphatic carbocycles. The van der Waals surface area contributed by atoms with Crippen LogP contribution in [0.15, 0.2) is 18.2 Å². The van der Waals surface area contributed by atoms with Crippen LogP contribution in [-0.4, -0.2) is 49.4 Å². The third kappa shape index (κ3) is 11.6. The van der Waals surface area contributed by atoms with E-state index in [2.05, 4.69) is 4.74 Å². The van der Waals surface area contributed by atoms with Crippen LogP contribution in [0, 0.1) is 11.8 Å². The first-order valence-corrected chi connectivity index (χ1v) is 12.6. The Balaban J connectivity index is 2.98. The minimum atomic E-state index is -1.05. The summed E-state index contributed by atoms with van der Waals surface area (Å²) in [7, 11) is 1.18. The van der Waals surface area contributed by atoms with E-state index in [-0.39, 0.29) is 42.6 Å². The molecule has 1 aromatic rings. The number of hydrogen-bond donors (Lipinski definition) is 1. The van der Waals surface area contributed by atoms with Gasteiger partial charge < -0.3 is 29.4 Å².